The summed E-state index contributed by atoms with van der Waals surface area (Å²) in [4.78, 5) is 13.9. The minimum atomic E-state index is -4.32. The van der Waals surface area contributed by atoms with Crippen molar-refractivity contribution < 1.29 is 18.0 Å². The van der Waals surface area contributed by atoms with Crippen LogP contribution in [0, 0.1) is 0 Å². The third-order valence-corrected chi connectivity index (χ3v) is 4.25. The highest BCUT2D eigenvalue weighted by molar-refractivity contribution is 5.87. The summed E-state index contributed by atoms with van der Waals surface area (Å²) < 4.78 is 38.0. The molecule has 1 aliphatic carbocycles. The number of benzene rings is 1. The molecule has 6 heteroatoms. The third-order valence-electron chi connectivity index (χ3n) is 4.25. The fraction of sp³-hybridized carbons (Fsp3) is 0.500. The molecule has 2 rings (SSSR count). The summed E-state index contributed by atoms with van der Waals surface area (Å²) >= 11 is 0. The molecule has 24 heavy (non-hydrogen) atoms. The molecule has 1 N–H and O–H groups in total. The number of hydrogen-bond acceptors (Lipinski definition) is 2. The Balaban J connectivity index is 2.00. The molecule has 1 aromatic carbocycles. The molecule has 2 atom stereocenters. The van der Waals surface area contributed by atoms with Gasteiger partial charge in [-0.3, -0.25) is 4.79 Å². The Morgan fingerprint density at radius 1 is 1.25 bits per heavy atom. The Labute approximate surface area is 140 Å². The van der Waals surface area contributed by atoms with Gasteiger partial charge in [0, 0.05) is 24.6 Å². The molecular weight excluding hydrogens is 317 g/mol. The van der Waals surface area contributed by atoms with E-state index < -0.39 is 11.7 Å². The first-order valence-electron chi connectivity index (χ1n) is 8.06. The lowest BCUT2D eigenvalue weighted by Crippen LogP contribution is -2.35. The average molecular weight is 340 g/mol. The van der Waals surface area contributed by atoms with E-state index in [4.69, 9.17) is 0 Å². The van der Waals surface area contributed by atoms with Gasteiger partial charge in [-0.05, 0) is 44.6 Å². The van der Waals surface area contributed by atoms with Crippen molar-refractivity contribution in [3.63, 3.8) is 0 Å². The lowest BCUT2D eigenvalue weighted by Gasteiger charge is -2.21. The lowest BCUT2D eigenvalue weighted by molar-refractivity contribution is -0.137. The molecule has 1 amide bonds. The molecule has 1 fully saturated rings. The fourth-order valence-electron chi connectivity index (χ4n) is 3.05. The van der Waals surface area contributed by atoms with Crippen LogP contribution in [0.4, 0.5) is 13.2 Å². The molecule has 1 saturated carbocycles. The highest BCUT2D eigenvalue weighted by Gasteiger charge is 2.32. The zero-order valence-electron chi connectivity index (χ0n) is 13.9. The molecular formula is C18H23F3N2O. The van der Waals surface area contributed by atoms with E-state index >= 15 is 0 Å². The van der Waals surface area contributed by atoms with Gasteiger partial charge in [-0.25, -0.2) is 0 Å². The smallest absolute Gasteiger partial charge is 0.349 e. The van der Waals surface area contributed by atoms with Gasteiger partial charge in [0.25, 0.3) is 0 Å². The maximum Gasteiger partial charge on any atom is 0.416 e. The quantitative estimate of drug-likeness (QED) is 0.831. The summed E-state index contributed by atoms with van der Waals surface area (Å²) in [6, 6.07) is 5.26. The highest BCUT2D eigenvalue weighted by Crippen LogP contribution is 2.36. The first kappa shape index (κ1) is 18.5. The first-order valence-corrected chi connectivity index (χ1v) is 8.06. The Morgan fingerprint density at radius 2 is 1.92 bits per heavy atom. The molecule has 0 aromatic heterocycles. The second-order valence-electron chi connectivity index (χ2n) is 6.44. The summed E-state index contributed by atoms with van der Waals surface area (Å²) in [6.07, 6.45) is 1.66. The van der Waals surface area contributed by atoms with Gasteiger partial charge in [0.1, 0.15) is 0 Å². The zero-order valence-corrected chi connectivity index (χ0v) is 13.9. The van der Waals surface area contributed by atoms with Crippen molar-refractivity contribution in [3.8, 4) is 0 Å². The molecule has 0 aliphatic heterocycles. The molecule has 0 radical (unpaired) electrons. The number of halogens is 3. The second-order valence-corrected chi connectivity index (χ2v) is 6.44. The van der Waals surface area contributed by atoms with Gasteiger partial charge in [-0.15, -0.1) is 0 Å². The minimum Gasteiger partial charge on any atom is -0.349 e. The molecule has 132 valence electrons. The van der Waals surface area contributed by atoms with Gasteiger partial charge in [-0.2, -0.15) is 13.2 Å². The average Bonchev–Trinajstić information content (AvgIpc) is 2.94. The van der Waals surface area contributed by atoms with E-state index in [0.717, 1.165) is 37.0 Å². The number of amides is 1. The van der Waals surface area contributed by atoms with Gasteiger partial charge in [0.15, 0.2) is 0 Å². The van der Waals surface area contributed by atoms with Crippen molar-refractivity contribution in [1.82, 2.24) is 10.2 Å². The van der Waals surface area contributed by atoms with Crippen molar-refractivity contribution in [3.05, 3.63) is 47.5 Å². The van der Waals surface area contributed by atoms with Gasteiger partial charge in [0.2, 0.25) is 5.91 Å². The number of hydrogen-bond donors (Lipinski definition) is 1. The molecule has 3 nitrogen and oxygen atoms in total. The number of nitrogens with zero attached hydrogens (tertiary/aromatic N) is 1. The second kappa shape index (κ2) is 7.83. The predicted molar refractivity (Wildman–Crippen MR) is 87.7 cm³/mol. The van der Waals surface area contributed by atoms with E-state index in [1.807, 2.05) is 19.0 Å². The number of alkyl halides is 3. The third kappa shape index (κ3) is 5.09. The first-order chi connectivity index (χ1) is 11.3. The van der Waals surface area contributed by atoms with E-state index in [0.29, 0.717) is 6.54 Å². The van der Waals surface area contributed by atoms with Crippen LogP contribution in [-0.2, 0) is 11.0 Å². The van der Waals surface area contributed by atoms with Crippen molar-refractivity contribution in [2.45, 2.75) is 37.4 Å². The Hall–Kier alpha value is -1.82. The van der Waals surface area contributed by atoms with Gasteiger partial charge in [0.05, 0.1) is 5.56 Å². The molecule has 1 aromatic rings. The van der Waals surface area contributed by atoms with Crippen molar-refractivity contribution in [2.24, 2.45) is 0 Å². The van der Waals surface area contributed by atoms with Crippen molar-refractivity contribution in [2.75, 3.05) is 20.6 Å². The standard InChI is InChI=1S/C18H23F3N2O/c1-23(2)12-4-7-17(24)22-16-6-3-5-15(16)13-8-10-14(11-9-13)18(19,20)21/h4,7-11,15-16H,3,5-6,12H2,1-2H3,(H,22,24)/b7-4+. The van der Waals surface area contributed by atoms with Crippen LogP contribution in [0.15, 0.2) is 36.4 Å². The molecule has 0 heterocycles. The summed E-state index contributed by atoms with van der Waals surface area (Å²) in [6.45, 7) is 0.681. The largest absolute Gasteiger partial charge is 0.416 e. The summed E-state index contributed by atoms with van der Waals surface area (Å²) in [7, 11) is 3.83. The van der Waals surface area contributed by atoms with Crippen LogP contribution in [0.1, 0.15) is 36.3 Å². The van der Waals surface area contributed by atoms with Gasteiger partial charge < -0.3 is 10.2 Å². The summed E-state index contributed by atoms with van der Waals surface area (Å²) in [5.41, 5.74) is 0.208. The van der Waals surface area contributed by atoms with Crippen LogP contribution < -0.4 is 5.32 Å². The zero-order chi connectivity index (χ0) is 17.7. The van der Waals surface area contributed by atoms with E-state index in [9.17, 15) is 18.0 Å². The number of carbonyl (C=O) groups excluding carboxylic acids is 1. The van der Waals surface area contributed by atoms with Crippen LogP contribution in [0.3, 0.4) is 0 Å². The van der Waals surface area contributed by atoms with E-state index in [1.165, 1.54) is 18.2 Å². The Bertz CT molecular complexity index is 579. The van der Waals surface area contributed by atoms with E-state index in [1.54, 1.807) is 6.08 Å². The number of carbonyl (C=O) groups is 1. The molecule has 0 bridgehead atoms. The molecule has 2 unspecified atom stereocenters. The topological polar surface area (TPSA) is 32.3 Å². The summed E-state index contributed by atoms with van der Waals surface area (Å²) in [5, 5.41) is 2.98. The van der Waals surface area contributed by atoms with Gasteiger partial charge in [-0.1, -0.05) is 24.6 Å². The van der Waals surface area contributed by atoms with Crippen LogP contribution in [0.2, 0.25) is 0 Å². The van der Waals surface area contributed by atoms with Crippen molar-refractivity contribution >= 4 is 5.91 Å². The van der Waals surface area contributed by atoms with Crippen LogP contribution in [0.5, 0.6) is 0 Å². The summed E-state index contributed by atoms with van der Waals surface area (Å²) in [5.74, 6) is -0.0841. The minimum absolute atomic E-state index is 0.0294. The van der Waals surface area contributed by atoms with Crippen LogP contribution >= 0.6 is 0 Å². The van der Waals surface area contributed by atoms with E-state index in [-0.39, 0.29) is 17.9 Å². The number of likely N-dealkylation sites (N-methyl/N-ethyl adjacent to an activating group) is 1. The number of nitrogens with one attached hydrogen (secondary N) is 1. The normalized spacial score (nSPS) is 21.6. The van der Waals surface area contributed by atoms with E-state index in [2.05, 4.69) is 5.32 Å². The molecule has 0 spiro atoms. The monoisotopic (exact) mass is 340 g/mol. The maximum absolute atomic E-state index is 12.7. The fourth-order valence-corrected chi connectivity index (χ4v) is 3.05. The molecule has 0 saturated heterocycles. The Kier molecular flexibility index (Phi) is 6.04. The lowest BCUT2D eigenvalue weighted by atomic mass is 9.93. The number of rotatable bonds is 5. The predicted octanol–water partition coefficient (Wildman–Crippen LogP) is 3.58. The van der Waals surface area contributed by atoms with Crippen LogP contribution in [0.25, 0.3) is 0 Å². The molecule has 1 aliphatic rings. The SMILES string of the molecule is CN(C)C/C=C/C(=O)NC1CCCC1c1ccc(C(F)(F)F)cc1. The maximum atomic E-state index is 12.7. The van der Waals surface area contributed by atoms with Crippen molar-refractivity contribution in [1.29, 1.82) is 0 Å². The highest BCUT2D eigenvalue weighted by atomic mass is 19.4. The Morgan fingerprint density at radius 3 is 2.50 bits per heavy atom. The van der Waals surface area contributed by atoms with Gasteiger partial charge >= 0.3 is 6.18 Å². The van der Waals surface area contributed by atoms with Crippen LogP contribution in [-0.4, -0.2) is 37.5 Å².